The van der Waals surface area contributed by atoms with Gasteiger partial charge in [0, 0.05) is 38.4 Å². The molecule has 1 aliphatic rings. The van der Waals surface area contributed by atoms with E-state index in [1.807, 2.05) is 19.9 Å². The molecule has 0 fully saturated rings. The smallest absolute Gasteiger partial charge is 0.306 e. The average molecular weight is 619 g/mol. The van der Waals surface area contributed by atoms with E-state index in [9.17, 15) is 14.0 Å². The lowest BCUT2D eigenvalue weighted by molar-refractivity contribution is -0.143. The Hall–Kier alpha value is -4.03. The average Bonchev–Trinajstić information content (AvgIpc) is 3.43. The third-order valence-corrected chi connectivity index (χ3v) is 9.41. The standard InChI is InChI=1S/C32H39FN6O4Si/c1-7-43-25(40)15-14-24-26-30(38(31(41)32(26,2)3)20-42-17-18-44(4,5)6)36-28(35-24)27-22-12-10-16-34-29(22)39(37-27)19-21-11-8-9-13-23(21)33/h8-13,16H,7,14-15,17-20H2,1-6H3. The summed E-state index contributed by atoms with van der Waals surface area (Å²) in [6, 6.07) is 11.2. The maximum atomic E-state index is 14.6. The third kappa shape index (κ3) is 6.41. The van der Waals surface area contributed by atoms with Crippen molar-refractivity contribution in [3.8, 4) is 11.5 Å². The molecular formula is C32H39FN6O4Si. The van der Waals surface area contributed by atoms with Gasteiger partial charge in [0.15, 0.2) is 11.5 Å². The largest absolute Gasteiger partial charge is 0.466 e. The molecule has 0 unspecified atom stereocenters. The Morgan fingerprint density at radius 2 is 1.86 bits per heavy atom. The molecule has 12 heteroatoms. The van der Waals surface area contributed by atoms with Gasteiger partial charge >= 0.3 is 5.97 Å². The van der Waals surface area contributed by atoms with Crippen molar-refractivity contribution in [1.29, 1.82) is 0 Å². The van der Waals surface area contributed by atoms with Gasteiger partial charge in [-0.05, 0) is 45.0 Å². The lowest BCUT2D eigenvalue weighted by Crippen LogP contribution is -2.38. The van der Waals surface area contributed by atoms with E-state index in [2.05, 4.69) is 24.6 Å². The maximum absolute atomic E-state index is 14.6. The number of amides is 1. The van der Waals surface area contributed by atoms with Crippen molar-refractivity contribution < 1.29 is 23.5 Å². The second-order valence-electron chi connectivity index (χ2n) is 12.7. The van der Waals surface area contributed by atoms with E-state index in [0.29, 0.717) is 46.0 Å². The van der Waals surface area contributed by atoms with Gasteiger partial charge in [-0.3, -0.25) is 14.5 Å². The number of anilines is 1. The second kappa shape index (κ2) is 12.5. The highest BCUT2D eigenvalue weighted by atomic mass is 28.3. The molecule has 3 aromatic heterocycles. The summed E-state index contributed by atoms with van der Waals surface area (Å²) in [7, 11) is -1.33. The molecule has 1 aromatic carbocycles. The van der Waals surface area contributed by atoms with E-state index in [0.717, 1.165) is 6.04 Å². The molecule has 1 aliphatic heterocycles. The quantitative estimate of drug-likeness (QED) is 0.116. The molecule has 4 aromatic rings. The maximum Gasteiger partial charge on any atom is 0.306 e. The number of aromatic nitrogens is 5. The number of nitrogens with zero attached hydrogens (tertiary/aromatic N) is 6. The van der Waals surface area contributed by atoms with Crippen molar-refractivity contribution >= 4 is 36.8 Å². The van der Waals surface area contributed by atoms with Crippen LogP contribution < -0.4 is 4.90 Å². The van der Waals surface area contributed by atoms with E-state index in [1.165, 1.54) is 6.07 Å². The number of carbonyl (C=O) groups is 2. The summed E-state index contributed by atoms with van der Waals surface area (Å²) in [6.45, 7) is 13.3. The Bertz CT molecular complexity index is 1700. The molecule has 1 amide bonds. The Morgan fingerprint density at radius 3 is 2.59 bits per heavy atom. The first kappa shape index (κ1) is 31.4. The Kier molecular flexibility index (Phi) is 8.94. The monoisotopic (exact) mass is 618 g/mol. The number of ether oxygens (including phenoxy) is 2. The van der Waals surface area contributed by atoms with Gasteiger partial charge in [0.25, 0.3) is 0 Å². The molecule has 0 radical (unpaired) electrons. The zero-order valence-electron chi connectivity index (χ0n) is 26.2. The summed E-state index contributed by atoms with van der Waals surface area (Å²) in [5, 5.41) is 5.49. The molecule has 0 N–H and O–H groups in total. The lowest BCUT2D eigenvalue weighted by atomic mass is 9.85. The highest BCUT2D eigenvalue weighted by Crippen LogP contribution is 2.43. The van der Waals surface area contributed by atoms with Crippen molar-refractivity contribution in [1.82, 2.24) is 24.7 Å². The topological polar surface area (TPSA) is 112 Å². The first-order chi connectivity index (χ1) is 20.9. The first-order valence-electron chi connectivity index (χ1n) is 14.9. The highest BCUT2D eigenvalue weighted by molar-refractivity contribution is 6.76. The molecule has 0 saturated carbocycles. The van der Waals surface area contributed by atoms with E-state index >= 15 is 0 Å². The number of carbonyl (C=O) groups excluding carboxylic acids is 2. The normalized spacial score (nSPS) is 14.3. The van der Waals surface area contributed by atoms with Crippen LogP contribution in [0.5, 0.6) is 0 Å². The summed E-state index contributed by atoms with van der Waals surface area (Å²) in [4.78, 5) is 42.1. The van der Waals surface area contributed by atoms with Crippen LogP contribution >= 0.6 is 0 Å². The Balaban J connectivity index is 1.61. The van der Waals surface area contributed by atoms with Crippen LogP contribution in [0.15, 0.2) is 42.6 Å². The van der Waals surface area contributed by atoms with Crippen LogP contribution in [0.3, 0.4) is 0 Å². The number of pyridine rings is 1. The Morgan fingerprint density at radius 1 is 1.09 bits per heavy atom. The van der Waals surface area contributed by atoms with E-state index in [-0.39, 0.29) is 56.2 Å². The molecule has 0 atom stereocenters. The lowest BCUT2D eigenvalue weighted by Gasteiger charge is -2.21. The van der Waals surface area contributed by atoms with Crippen LogP contribution in [-0.4, -0.2) is 64.6 Å². The zero-order chi connectivity index (χ0) is 31.6. The number of esters is 1. The van der Waals surface area contributed by atoms with Gasteiger partial charge in [-0.1, -0.05) is 37.8 Å². The number of benzene rings is 1. The van der Waals surface area contributed by atoms with Gasteiger partial charge < -0.3 is 9.47 Å². The van der Waals surface area contributed by atoms with Crippen molar-refractivity contribution in [2.24, 2.45) is 0 Å². The molecule has 232 valence electrons. The van der Waals surface area contributed by atoms with Crippen LogP contribution in [0.1, 0.15) is 44.0 Å². The predicted molar refractivity (Wildman–Crippen MR) is 168 cm³/mol. The van der Waals surface area contributed by atoms with Gasteiger partial charge in [0.2, 0.25) is 5.91 Å². The number of hydrogen-bond acceptors (Lipinski definition) is 8. The molecule has 10 nitrogen and oxygen atoms in total. The molecule has 5 rings (SSSR count). The summed E-state index contributed by atoms with van der Waals surface area (Å²) in [6.07, 6.45) is 2.00. The second-order valence-corrected chi connectivity index (χ2v) is 18.3. The van der Waals surface area contributed by atoms with Crippen molar-refractivity contribution in [2.45, 2.75) is 71.3 Å². The summed E-state index contributed by atoms with van der Waals surface area (Å²) in [5.41, 5.74) is 1.76. The fourth-order valence-corrected chi connectivity index (χ4v) is 6.09. The number of hydrogen-bond donors (Lipinski definition) is 0. The molecule has 0 saturated heterocycles. The van der Waals surface area contributed by atoms with Gasteiger partial charge in [-0.25, -0.2) is 24.0 Å². The SMILES string of the molecule is CCOC(=O)CCc1nc(-c2nn(Cc3ccccc3F)c3ncccc23)nc2c1C(C)(C)C(=O)N2COCC[Si](C)(C)C. The molecule has 0 aliphatic carbocycles. The minimum Gasteiger partial charge on any atom is -0.466 e. The van der Waals surface area contributed by atoms with E-state index in [1.54, 1.807) is 47.0 Å². The third-order valence-electron chi connectivity index (χ3n) is 7.71. The van der Waals surface area contributed by atoms with Crippen molar-refractivity contribution in [3.63, 3.8) is 0 Å². The van der Waals surface area contributed by atoms with Crippen LogP contribution in [-0.2, 0) is 37.4 Å². The number of halogens is 1. The van der Waals surface area contributed by atoms with Crippen LogP contribution in [0.2, 0.25) is 25.7 Å². The molecule has 44 heavy (non-hydrogen) atoms. The summed E-state index contributed by atoms with van der Waals surface area (Å²) >= 11 is 0. The van der Waals surface area contributed by atoms with Crippen LogP contribution in [0.4, 0.5) is 10.2 Å². The Labute approximate surface area is 257 Å². The minimum atomic E-state index is -1.33. The fourth-order valence-electron chi connectivity index (χ4n) is 5.34. The zero-order valence-corrected chi connectivity index (χ0v) is 27.2. The van der Waals surface area contributed by atoms with Gasteiger partial charge in [0.1, 0.15) is 24.1 Å². The van der Waals surface area contributed by atoms with Crippen molar-refractivity contribution in [2.75, 3.05) is 24.8 Å². The number of aryl methyl sites for hydroxylation is 1. The van der Waals surface area contributed by atoms with E-state index in [4.69, 9.17) is 24.5 Å². The van der Waals surface area contributed by atoms with Gasteiger partial charge in [-0.15, -0.1) is 0 Å². The van der Waals surface area contributed by atoms with Gasteiger partial charge in [0.05, 0.1) is 36.1 Å². The van der Waals surface area contributed by atoms with Crippen LogP contribution in [0, 0.1) is 5.82 Å². The van der Waals surface area contributed by atoms with Crippen LogP contribution in [0.25, 0.3) is 22.6 Å². The molecule has 0 bridgehead atoms. The molecular weight excluding hydrogens is 579 g/mol. The minimum absolute atomic E-state index is 0.0531. The fraction of sp³-hybridized carbons (Fsp3) is 0.438. The highest BCUT2D eigenvalue weighted by Gasteiger charge is 2.47. The first-order valence-corrected chi connectivity index (χ1v) is 18.6. The number of rotatable bonds is 12. The van der Waals surface area contributed by atoms with Crippen molar-refractivity contribution in [3.05, 3.63) is 65.2 Å². The summed E-state index contributed by atoms with van der Waals surface area (Å²) < 4.78 is 27.4. The van der Waals surface area contributed by atoms with E-state index < -0.39 is 13.5 Å². The van der Waals surface area contributed by atoms with Gasteiger partial charge in [-0.2, -0.15) is 5.10 Å². The number of fused-ring (bicyclic) bond motifs is 2. The predicted octanol–water partition coefficient (Wildman–Crippen LogP) is 5.51. The molecule has 0 spiro atoms. The summed E-state index contributed by atoms with van der Waals surface area (Å²) in [5.74, 6) is -0.114. The molecule has 4 heterocycles.